The molecule has 16 heavy (non-hydrogen) atoms. The number of rotatable bonds is 4. The van der Waals surface area contributed by atoms with Crippen molar-refractivity contribution in [2.24, 2.45) is 0 Å². The third kappa shape index (κ3) is 3.90. The molecule has 1 N–H and O–H groups in total. The highest BCUT2D eigenvalue weighted by molar-refractivity contribution is 9.10. The van der Waals surface area contributed by atoms with Gasteiger partial charge < -0.3 is 10.1 Å². The molecule has 1 rings (SSSR count). The minimum atomic E-state index is -0.361. The van der Waals surface area contributed by atoms with Crippen LogP contribution in [-0.2, 0) is 4.74 Å². The Morgan fingerprint density at radius 1 is 1.62 bits per heavy atom. The van der Waals surface area contributed by atoms with Gasteiger partial charge in [-0.2, -0.15) is 0 Å². The zero-order valence-corrected chi connectivity index (χ0v) is 11.2. The highest BCUT2D eigenvalue weighted by Gasteiger charge is 2.17. The molecule has 1 heterocycles. The first-order valence-electron chi connectivity index (χ1n) is 4.89. The van der Waals surface area contributed by atoms with Crippen molar-refractivity contribution in [2.45, 2.75) is 19.4 Å². The number of ether oxygens (including phenoxy) is 1. The van der Waals surface area contributed by atoms with E-state index in [1.165, 1.54) is 0 Å². The lowest BCUT2D eigenvalue weighted by Crippen LogP contribution is -2.39. The van der Waals surface area contributed by atoms with Gasteiger partial charge in [0.25, 0.3) is 5.91 Å². The van der Waals surface area contributed by atoms with Crippen LogP contribution in [0.2, 0.25) is 0 Å². The zero-order valence-electron chi connectivity index (χ0n) is 9.58. The van der Waals surface area contributed by atoms with E-state index < -0.39 is 0 Å². The van der Waals surface area contributed by atoms with Crippen LogP contribution in [-0.4, -0.2) is 30.1 Å². The van der Waals surface area contributed by atoms with Crippen molar-refractivity contribution >= 4 is 21.8 Å². The maximum absolute atomic E-state index is 11.7. The van der Waals surface area contributed by atoms with E-state index >= 15 is 0 Å². The van der Waals surface area contributed by atoms with E-state index in [0.717, 1.165) is 0 Å². The van der Waals surface area contributed by atoms with Crippen molar-refractivity contribution in [3.8, 4) is 0 Å². The Morgan fingerprint density at radius 3 is 2.88 bits per heavy atom. The minimum absolute atomic E-state index is 0.131. The van der Waals surface area contributed by atoms with Crippen molar-refractivity contribution in [2.75, 3.05) is 13.7 Å². The molecule has 88 valence electrons. The Hall–Kier alpha value is -0.940. The summed E-state index contributed by atoms with van der Waals surface area (Å²) in [4.78, 5) is 15.7. The maximum Gasteiger partial charge on any atom is 0.251 e. The second-order valence-electron chi connectivity index (χ2n) is 4.01. The number of nitrogens with one attached hydrogen (secondary N) is 1. The normalized spacial score (nSPS) is 11.2. The van der Waals surface area contributed by atoms with Crippen molar-refractivity contribution in [1.82, 2.24) is 10.3 Å². The monoisotopic (exact) mass is 286 g/mol. The average molecular weight is 287 g/mol. The first-order chi connectivity index (χ1) is 7.44. The quantitative estimate of drug-likeness (QED) is 0.862. The number of carbonyl (C=O) groups excluding carboxylic acids is 1. The molecule has 0 aromatic carbocycles. The zero-order chi connectivity index (χ0) is 12.2. The highest BCUT2D eigenvalue weighted by atomic mass is 79.9. The summed E-state index contributed by atoms with van der Waals surface area (Å²) < 4.78 is 5.86. The molecule has 5 heteroatoms. The second-order valence-corrected chi connectivity index (χ2v) is 4.83. The molecule has 1 amide bonds. The van der Waals surface area contributed by atoms with Crippen LogP contribution in [0.15, 0.2) is 22.9 Å². The van der Waals surface area contributed by atoms with Gasteiger partial charge in [-0.25, -0.2) is 4.98 Å². The molecule has 0 bridgehead atoms. The topological polar surface area (TPSA) is 51.2 Å². The van der Waals surface area contributed by atoms with Gasteiger partial charge >= 0.3 is 0 Å². The van der Waals surface area contributed by atoms with Gasteiger partial charge in [0, 0.05) is 25.4 Å². The van der Waals surface area contributed by atoms with Crippen LogP contribution in [0, 0.1) is 0 Å². The lowest BCUT2D eigenvalue weighted by atomic mass is 10.1. The van der Waals surface area contributed by atoms with Crippen molar-refractivity contribution < 1.29 is 9.53 Å². The number of aromatic nitrogens is 1. The number of nitrogens with zero attached hydrogens (tertiary/aromatic N) is 1. The second kappa shape index (κ2) is 5.41. The number of carbonyl (C=O) groups is 1. The van der Waals surface area contributed by atoms with Gasteiger partial charge in [-0.3, -0.25) is 4.79 Å². The van der Waals surface area contributed by atoms with Gasteiger partial charge in [0.1, 0.15) is 4.60 Å². The van der Waals surface area contributed by atoms with Crippen molar-refractivity contribution in [1.29, 1.82) is 0 Å². The lowest BCUT2D eigenvalue weighted by Gasteiger charge is -2.23. The van der Waals surface area contributed by atoms with Gasteiger partial charge in [0.05, 0.1) is 5.60 Å². The number of amides is 1. The maximum atomic E-state index is 11.7. The molecule has 1 aromatic heterocycles. The van der Waals surface area contributed by atoms with Crippen LogP contribution in [0.1, 0.15) is 24.2 Å². The van der Waals surface area contributed by atoms with Crippen molar-refractivity contribution in [3.05, 3.63) is 28.5 Å². The smallest absolute Gasteiger partial charge is 0.251 e. The largest absolute Gasteiger partial charge is 0.377 e. The molecule has 4 nitrogen and oxygen atoms in total. The van der Waals surface area contributed by atoms with Gasteiger partial charge in [-0.15, -0.1) is 0 Å². The van der Waals surface area contributed by atoms with E-state index in [9.17, 15) is 4.79 Å². The van der Waals surface area contributed by atoms with Crippen LogP contribution in [0.4, 0.5) is 0 Å². The summed E-state index contributed by atoms with van der Waals surface area (Å²) in [5, 5.41) is 2.80. The molecule has 0 radical (unpaired) electrons. The van der Waals surface area contributed by atoms with E-state index in [0.29, 0.717) is 16.7 Å². The SMILES string of the molecule is COC(C)(C)CNC(=O)c1ccnc(Br)c1. The molecular formula is C11H15BrN2O2. The van der Waals surface area contributed by atoms with Crippen LogP contribution < -0.4 is 5.32 Å². The Labute approximate surface area is 104 Å². The van der Waals surface area contributed by atoms with Crippen LogP contribution in [0.25, 0.3) is 0 Å². The molecular weight excluding hydrogens is 272 g/mol. The van der Waals surface area contributed by atoms with E-state index in [1.807, 2.05) is 13.8 Å². The van der Waals surface area contributed by atoms with E-state index in [-0.39, 0.29) is 11.5 Å². The van der Waals surface area contributed by atoms with E-state index in [1.54, 1.807) is 25.4 Å². The molecule has 0 spiro atoms. The number of hydrogen-bond acceptors (Lipinski definition) is 3. The number of hydrogen-bond donors (Lipinski definition) is 1. The fraction of sp³-hybridized carbons (Fsp3) is 0.455. The van der Waals surface area contributed by atoms with Gasteiger partial charge in [0.2, 0.25) is 0 Å². The minimum Gasteiger partial charge on any atom is -0.377 e. The Kier molecular flexibility index (Phi) is 4.44. The predicted octanol–water partition coefficient (Wildman–Crippen LogP) is 2.00. The summed E-state index contributed by atoms with van der Waals surface area (Å²) in [6.45, 7) is 4.29. The summed E-state index contributed by atoms with van der Waals surface area (Å²) in [7, 11) is 1.62. The predicted molar refractivity (Wildman–Crippen MR) is 65.4 cm³/mol. The van der Waals surface area contributed by atoms with Gasteiger partial charge in [-0.05, 0) is 41.9 Å². The Bertz CT molecular complexity index is 380. The number of halogens is 1. The summed E-state index contributed by atoms with van der Waals surface area (Å²) in [5.74, 6) is -0.131. The van der Waals surface area contributed by atoms with Crippen LogP contribution in [0.5, 0.6) is 0 Å². The fourth-order valence-electron chi connectivity index (χ4n) is 1.01. The third-order valence-corrected chi connectivity index (χ3v) is 2.65. The van der Waals surface area contributed by atoms with Crippen LogP contribution in [0.3, 0.4) is 0 Å². The first kappa shape index (κ1) is 13.1. The van der Waals surface area contributed by atoms with Gasteiger partial charge in [-0.1, -0.05) is 0 Å². The molecule has 1 aromatic rings. The lowest BCUT2D eigenvalue weighted by molar-refractivity contribution is 0.0229. The number of methoxy groups -OCH3 is 1. The third-order valence-electron chi connectivity index (χ3n) is 2.22. The first-order valence-corrected chi connectivity index (χ1v) is 5.69. The molecule has 0 unspecified atom stereocenters. The summed E-state index contributed by atoms with van der Waals surface area (Å²) >= 11 is 3.22. The summed E-state index contributed by atoms with van der Waals surface area (Å²) in [6.07, 6.45) is 1.58. The standard InChI is InChI=1S/C11H15BrN2O2/c1-11(2,16-3)7-14-10(15)8-4-5-13-9(12)6-8/h4-6H,7H2,1-3H3,(H,14,15). The highest BCUT2D eigenvalue weighted by Crippen LogP contribution is 2.09. The molecule has 0 saturated heterocycles. The Balaban J connectivity index is 2.60. The molecule has 0 aliphatic rings. The van der Waals surface area contributed by atoms with Gasteiger partial charge in [0.15, 0.2) is 0 Å². The van der Waals surface area contributed by atoms with Crippen molar-refractivity contribution in [3.63, 3.8) is 0 Å². The fourth-order valence-corrected chi connectivity index (χ4v) is 1.38. The summed E-state index contributed by atoms with van der Waals surface area (Å²) in [6, 6.07) is 3.34. The molecule has 0 fully saturated rings. The van der Waals surface area contributed by atoms with Crippen LogP contribution >= 0.6 is 15.9 Å². The van der Waals surface area contributed by atoms with E-state index in [2.05, 4.69) is 26.2 Å². The average Bonchev–Trinajstić information content (AvgIpc) is 2.26. The Morgan fingerprint density at radius 2 is 2.31 bits per heavy atom. The molecule has 0 saturated carbocycles. The van der Waals surface area contributed by atoms with E-state index in [4.69, 9.17) is 4.74 Å². The molecule has 0 aliphatic heterocycles. The summed E-state index contributed by atoms with van der Waals surface area (Å²) in [5.41, 5.74) is 0.216. The molecule has 0 atom stereocenters. The molecule has 0 aliphatic carbocycles. The number of pyridine rings is 1.